The van der Waals surface area contributed by atoms with Crippen LogP contribution >= 0.6 is 11.8 Å². The van der Waals surface area contributed by atoms with Gasteiger partial charge in [0.15, 0.2) is 0 Å². The fraction of sp³-hybridized carbons (Fsp3) is 0.625. The van der Waals surface area contributed by atoms with Crippen molar-refractivity contribution in [2.45, 2.75) is 44.3 Å². The highest BCUT2D eigenvalue weighted by Crippen LogP contribution is 2.34. The van der Waals surface area contributed by atoms with Crippen LogP contribution in [0.1, 0.15) is 33.3 Å². The Hall–Kier alpha value is -1.23. The minimum atomic E-state index is 0.163. The van der Waals surface area contributed by atoms with E-state index in [0.29, 0.717) is 0 Å². The summed E-state index contributed by atoms with van der Waals surface area (Å²) in [6.07, 6.45) is 1.98. The summed E-state index contributed by atoms with van der Waals surface area (Å²) in [4.78, 5) is 21.4. The predicted octanol–water partition coefficient (Wildman–Crippen LogP) is 2.95. The van der Waals surface area contributed by atoms with Crippen molar-refractivity contribution < 1.29 is 4.79 Å². The number of nitrogens with zero attached hydrogens (tertiary/aromatic N) is 3. The number of anilines is 1. The summed E-state index contributed by atoms with van der Waals surface area (Å²) in [6.45, 7) is 13.7. The van der Waals surface area contributed by atoms with E-state index in [2.05, 4.69) is 43.6 Å². The molecule has 0 spiro atoms. The van der Waals surface area contributed by atoms with Crippen LogP contribution in [0.25, 0.3) is 0 Å². The standard InChI is InChI=1S/C16H25N3OS/c1-12-10-15(17-11-14(12)21-16(3,4)5)19-8-6-18(7-9-19)13(2)20/h10-11H,6-9H2,1-5H3. The van der Waals surface area contributed by atoms with Gasteiger partial charge in [-0.25, -0.2) is 4.98 Å². The molecule has 1 aromatic rings. The molecule has 1 aliphatic rings. The molecule has 116 valence electrons. The maximum absolute atomic E-state index is 11.4. The third-order valence-electron chi connectivity index (χ3n) is 3.51. The van der Waals surface area contributed by atoms with Crippen molar-refractivity contribution in [3.63, 3.8) is 0 Å². The fourth-order valence-electron chi connectivity index (χ4n) is 2.39. The molecular weight excluding hydrogens is 282 g/mol. The Morgan fingerprint density at radius 2 is 1.86 bits per heavy atom. The predicted molar refractivity (Wildman–Crippen MR) is 89.1 cm³/mol. The minimum Gasteiger partial charge on any atom is -0.353 e. The van der Waals surface area contributed by atoms with Gasteiger partial charge in [0.25, 0.3) is 0 Å². The number of piperazine rings is 1. The molecule has 0 aromatic carbocycles. The first-order valence-corrected chi connectivity index (χ1v) is 8.24. The topological polar surface area (TPSA) is 36.4 Å². The van der Waals surface area contributed by atoms with E-state index in [9.17, 15) is 4.79 Å². The Bertz CT molecular complexity index is 517. The van der Waals surface area contributed by atoms with E-state index in [4.69, 9.17) is 0 Å². The van der Waals surface area contributed by atoms with Gasteiger partial charge >= 0.3 is 0 Å². The molecule has 4 nitrogen and oxygen atoms in total. The van der Waals surface area contributed by atoms with E-state index >= 15 is 0 Å². The lowest BCUT2D eigenvalue weighted by molar-refractivity contribution is -0.129. The average Bonchev–Trinajstić information content (AvgIpc) is 2.40. The molecule has 1 amide bonds. The summed E-state index contributed by atoms with van der Waals surface area (Å²) in [5, 5.41) is 0. The zero-order chi connectivity index (χ0) is 15.6. The molecule has 21 heavy (non-hydrogen) atoms. The Kier molecular flexibility index (Phi) is 4.81. The van der Waals surface area contributed by atoms with Crippen molar-refractivity contribution in [2.24, 2.45) is 0 Å². The third-order valence-corrected chi connectivity index (χ3v) is 4.77. The molecule has 0 saturated carbocycles. The second-order valence-corrected chi connectivity index (χ2v) is 8.38. The summed E-state index contributed by atoms with van der Waals surface area (Å²) in [5.74, 6) is 1.18. The molecule has 0 atom stereocenters. The van der Waals surface area contributed by atoms with Crippen LogP contribution in [0.15, 0.2) is 17.2 Å². The van der Waals surface area contributed by atoms with Crippen LogP contribution in [0.2, 0.25) is 0 Å². The smallest absolute Gasteiger partial charge is 0.219 e. The van der Waals surface area contributed by atoms with Crippen molar-refractivity contribution in [3.05, 3.63) is 17.8 Å². The quantitative estimate of drug-likeness (QED) is 0.787. The molecule has 1 fully saturated rings. The molecule has 0 radical (unpaired) electrons. The van der Waals surface area contributed by atoms with Crippen LogP contribution in [0.4, 0.5) is 5.82 Å². The summed E-state index contributed by atoms with van der Waals surface area (Å²) in [6, 6.07) is 2.16. The highest BCUT2D eigenvalue weighted by Gasteiger charge is 2.20. The number of hydrogen-bond donors (Lipinski definition) is 0. The lowest BCUT2D eigenvalue weighted by atomic mass is 10.2. The molecule has 0 N–H and O–H groups in total. The van der Waals surface area contributed by atoms with Crippen molar-refractivity contribution >= 4 is 23.5 Å². The zero-order valence-corrected chi connectivity index (χ0v) is 14.5. The largest absolute Gasteiger partial charge is 0.353 e. The van der Waals surface area contributed by atoms with Crippen LogP contribution in [-0.4, -0.2) is 46.7 Å². The highest BCUT2D eigenvalue weighted by molar-refractivity contribution is 8.00. The Morgan fingerprint density at radius 3 is 2.33 bits per heavy atom. The lowest BCUT2D eigenvalue weighted by Crippen LogP contribution is -2.48. The van der Waals surface area contributed by atoms with E-state index in [1.807, 2.05) is 22.9 Å². The van der Waals surface area contributed by atoms with Gasteiger partial charge in [0.1, 0.15) is 5.82 Å². The van der Waals surface area contributed by atoms with E-state index in [0.717, 1.165) is 32.0 Å². The summed E-state index contributed by atoms with van der Waals surface area (Å²) in [7, 11) is 0. The maximum Gasteiger partial charge on any atom is 0.219 e. The third kappa shape index (κ3) is 4.37. The van der Waals surface area contributed by atoms with Gasteiger partial charge in [-0.15, -0.1) is 11.8 Å². The van der Waals surface area contributed by atoms with E-state index in [1.54, 1.807) is 6.92 Å². The second kappa shape index (κ2) is 6.26. The van der Waals surface area contributed by atoms with Crippen molar-refractivity contribution in [2.75, 3.05) is 31.1 Å². The summed E-state index contributed by atoms with van der Waals surface area (Å²) < 4.78 is 0.196. The Labute approximate surface area is 131 Å². The normalized spacial score (nSPS) is 16.2. The highest BCUT2D eigenvalue weighted by atomic mass is 32.2. The van der Waals surface area contributed by atoms with Gasteiger partial charge in [0.2, 0.25) is 5.91 Å². The van der Waals surface area contributed by atoms with Crippen LogP contribution < -0.4 is 4.90 Å². The number of hydrogen-bond acceptors (Lipinski definition) is 4. The van der Waals surface area contributed by atoms with Gasteiger partial charge in [-0.1, -0.05) is 20.8 Å². The zero-order valence-electron chi connectivity index (χ0n) is 13.6. The van der Waals surface area contributed by atoms with Gasteiger partial charge in [0.05, 0.1) is 0 Å². The molecule has 5 heteroatoms. The van der Waals surface area contributed by atoms with Crippen LogP contribution in [0.3, 0.4) is 0 Å². The first-order valence-electron chi connectivity index (χ1n) is 7.42. The number of aromatic nitrogens is 1. The van der Waals surface area contributed by atoms with Gasteiger partial charge in [0, 0.05) is 48.9 Å². The number of thioether (sulfide) groups is 1. The fourth-order valence-corrected chi connectivity index (χ4v) is 3.37. The van der Waals surface area contributed by atoms with E-state index < -0.39 is 0 Å². The molecule has 1 saturated heterocycles. The molecule has 2 rings (SSSR count). The average molecular weight is 307 g/mol. The lowest BCUT2D eigenvalue weighted by Gasteiger charge is -2.35. The molecule has 2 heterocycles. The first kappa shape index (κ1) is 16.1. The Balaban J connectivity index is 2.06. The van der Waals surface area contributed by atoms with Crippen LogP contribution in [-0.2, 0) is 4.79 Å². The monoisotopic (exact) mass is 307 g/mol. The van der Waals surface area contributed by atoms with E-state index in [-0.39, 0.29) is 10.7 Å². The summed E-state index contributed by atoms with van der Waals surface area (Å²) >= 11 is 1.85. The second-order valence-electron chi connectivity index (χ2n) is 6.52. The molecule has 1 aliphatic heterocycles. The maximum atomic E-state index is 11.4. The number of aryl methyl sites for hydroxylation is 1. The molecular formula is C16H25N3OS. The molecule has 0 unspecified atom stereocenters. The van der Waals surface area contributed by atoms with Crippen LogP contribution in [0, 0.1) is 6.92 Å². The molecule has 1 aromatic heterocycles. The number of amides is 1. The van der Waals surface area contributed by atoms with Crippen LogP contribution in [0.5, 0.6) is 0 Å². The van der Waals surface area contributed by atoms with Gasteiger partial charge in [-0.05, 0) is 18.6 Å². The van der Waals surface area contributed by atoms with Gasteiger partial charge in [-0.3, -0.25) is 4.79 Å². The minimum absolute atomic E-state index is 0.163. The summed E-state index contributed by atoms with van der Waals surface area (Å²) in [5.41, 5.74) is 1.27. The number of pyridine rings is 1. The number of carbonyl (C=O) groups is 1. The molecule has 0 bridgehead atoms. The van der Waals surface area contributed by atoms with Crippen molar-refractivity contribution in [1.29, 1.82) is 0 Å². The van der Waals surface area contributed by atoms with Crippen molar-refractivity contribution in [1.82, 2.24) is 9.88 Å². The van der Waals surface area contributed by atoms with Gasteiger partial charge < -0.3 is 9.80 Å². The SMILES string of the molecule is CC(=O)N1CCN(c2cc(C)c(SC(C)(C)C)cn2)CC1. The van der Waals surface area contributed by atoms with Gasteiger partial charge in [-0.2, -0.15) is 0 Å². The molecule has 0 aliphatic carbocycles. The number of rotatable bonds is 2. The van der Waals surface area contributed by atoms with E-state index in [1.165, 1.54) is 10.5 Å². The first-order chi connectivity index (χ1) is 9.76. The number of carbonyl (C=O) groups excluding carboxylic acids is 1. The Morgan fingerprint density at radius 1 is 1.24 bits per heavy atom. The van der Waals surface area contributed by atoms with Crippen molar-refractivity contribution in [3.8, 4) is 0 Å².